The summed E-state index contributed by atoms with van der Waals surface area (Å²) < 4.78 is 47.9. The number of carbonyl (C=O) groups excluding carboxylic acids is 2. The van der Waals surface area contributed by atoms with Gasteiger partial charge in [0.25, 0.3) is 5.91 Å². The maximum atomic E-state index is 12.6. The van der Waals surface area contributed by atoms with Gasteiger partial charge in [0.05, 0.1) is 29.3 Å². The molecule has 0 saturated carbocycles. The number of carbonyl (C=O) groups is 2. The van der Waals surface area contributed by atoms with Crippen LogP contribution >= 0.6 is 11.3 Å². The fourth-order valence-corrected chi connectivity index (χ4v) is 5.22. The normalized spacial score (nSPS) is 13.4. The van der Waals surface area contributed by atoms with Crippen LogP contribution in [0.2, 0.25) is 0 Å². The number of ether oxygens (including phenoxy) is 4. The van der Waals surface area contributed by atoms with Crippen LogP contribution in [0.5, 0.6) is 17.2 Å². The van der Waals surface area contributed by atoms with E-state index in [0.717, 1.165) is 11.3 Å². The first-order valence-corrected chi connectivity index (χ1v) is 11.7. The van der Waals surface area contributed by atoms with Crippen LogP contribution in [-0.4, -0.2) is 51.6 Å². The highest BCUT2D eigenvalue weighted by Gasteiger charge is 2.22. The summed E-state index contributed by atoms with van der Waals surface area (Å²) in [5.74, 6) is -0.728. The Labute approximate surface area is 186 Å². The minimum atomic E-state index is -3.92. The van der Waals surface area contributed by atoms with Crippen molar-refractivity contribution < 1.29 is 37.0 Å². The minimum absolute atomic E-state index is 0.0219. The molecule has 0 aliphatic carbocycles. The maximum absolute atomic E-state index is 12.6. The number of thiazole rings is 1. The molecule has 4 rings (SSSR count). The second-order valence-electron chi connectivity index (χ2n) is 6.66. The summed E-state index contributed by atoms with van der Waals surface area (Å²) in [6.45, 7) is -0.129. The molecule has 168 valence electrons. The Balaban J connectivity index is 1.70. The smallest absolute Gasteiger partial charge is 0.325 e. The Hall–Kier alpha value is -3.38. The van der Waals surface area contributed by atoms with Gasteiger partial charge in [-0.15, -0.1) is 0 Å². The quantitative estimate of drug-likeness (QED) is 0.489. The number of aromatic nitrogens is 1. The van der Waals surface area contributed by atoms with Gasteiger partial charge < -0.3 is 23.5 Å². The summed E-state index contributed by atoms with van der Waals surface area (Å²) >= 11 is 1.12. The molecule has 1 amide bonds. The third-order valence-electron chi connectivity index (χ3n) is 4.64. The summed E-state index contributed by atoms with van der Waals surface area (Å²) in [6, 6.07) is 9.10. The fourth-order valence-electron chi connectivity index (χ4n) is 3.06. The number of fused-ring (bicyclic) bond motifs is 2. The van der Waals surface area contributed by atoms with Crippen molar-refractivity contribution in [3.05, 3.63) is 41.2 Å². The SMILES string of the molecule is COC(=O)Cn1c(=NC(=O)CS(=O)(=O)c2ccc(OC)cc2)sc2cc3c(cc21)OCO3. The van der Waals surface area contributed by atoms with Gasteiger partial charge in [-0.05, 0) is 24.3 Å². The molecular formula is C20H18N2O8S2. The second-order valence-corrected chi connectivity index (χ2v) is 9.66. The van der Waals surface area contributed by atoms with E-state index >= 15 is 0 Å². The molecule has 0 spiro atoms. The van der Waals surface area contributed by atoms with E-state index in [-0.39, 0.29) is 23.0 Å². The zero-order valence-electron chi connectivity index (χ0n) is 17.1. The fraction of sp³-hybridized carbons (Fsp3) is 0.250. The van der Waals surface area contributed by atoms with Crippen LogP contribution in [0.3, 0.4) is 0 Å². The van der Waals surface area contributed by atoms with Crippen molar-refractivity contribution in [2.75, 3.05) is 26.8 Å². The first kappa shape index (κ1) is 21.8. The van der Waals surface area contributed by atoms with E-state index in [0.29, 0.717) is 27.5 Å². The van der Waals surface area contributed by atoms with Crippen molar-refractivity contribution in [1.82, 2.24) is 4.57 Å². The zero-order valence-corrected chi connectivity index (χ0v) is 18.7. The molecule has 3 aromatic rings. The Morgan fingerprint density at radius 3 is 2.47 bits per heavy atom. The van der Waals surface area contributed by atoms with Crippen LogP contribution < -0.4 is 19.0 Å². The monoisotopic (exact) mass is 478 g/mol. The summed E-state index contributed by atoms with van der Waals surface area (Å²) in [6.07, 6.45) is 0. The van der Waals surface area contributed by atoms with E-state index in [1.54, 1.807) is 12.1 Å². The number of hydrogen-bond acceptors (Lipinski definition) is 9. The molecule has 32 heavy (non-hydrogen) atoms. The van der Waals surface area contributed by atoms with Gasteiger partial charge in [0.2, 0.25) is 6.79 Å². The van der Waals surface area contributed by atoms with E-state index in [1.807, 2.05) is 0 Å². The van der Waals surface area contributed by atoms with Gasteiger partial charge >= 0.3 is 5.97 Å². The van der Waals surface area contributed by atoms with Crippen molar-refractivity contribution in [3.63, 3.8) is 0 Å². The van der Waals surface area contributed by atoms with Gasteiger partial charge in [0.1, 0.15) is 18.0 Å². The Morgan fingerprint density at radius 2 is 1.81 bits per heavy atom. The molecule has 0 bridgehead atoms. The third kappa shape index (κ3) is 4.32. The average Bonchev–Trinajstić information content (AvgIpc) is 3.35. The van der Waals surface area contributed by atoms with Gasteiger partial charge in [-0.1, -0.05) is 11.3 Å². The molecular weight excluding hydrogens is 460 g/mol. The number of rotatable bonds is 6. The van der Waals surface area contributed by atoms with Crippen molar-refractivity contribution in [2.24, 2.45) is 4.99 Å². The molecule has 0 fully saturated rings. The highest BCUT2D eigenvalue weighted by atomic mass is 32.2. The van der Waals surface area contributed by atoms with E-state index in [4.69, 9.17) is 18.9 Å². The number of amides is 1. The molecule has 0 radical (unpaired) electrons. The Bertz CT molecular complexity index is 1370. The molecule has 0 saturated heterocycles. The number of nitrogens with zero attached hydrogens (tertiary/aromatic N) is 2. The largest absolute Gasteiger partial charge is 0.497 e. The molecule has 0 N–H and O–H groups in total. The number of hydrogen-bond donors (Lipinski definition) is 0. The van der Waals surface area contributed by atoms with E-state index in [1.165, 1.54) is 43.1 Å². The van der Waals surface area contributed by atoms with Crippen LogP contribution in [-0.2, 0) is 30.7 Å². The van der Waals surface area contributed by atoms with Gasteiger partial charge in [-0.2, -0.15) is 4.99 Å². The number of methoxy groups -OCH3 is 2. The molecule has 1 aromatic heterocycles. The minimum Gasteiger partial charge on any atom is -0.497 e. The predicted molar refractivity (Wildman–Crippen MR) is 114 cm³/mol. The van der Waals surface area contributed by atoms with Gasteiger partial charge in [0.15, 0.2) is 26.1 Å². The van der Waals surface area contributed by atoms with E-state index < -0.39 is 27.5 Å². The van der Waals surface area contributed by atoms with Crippen molar-refractivity contribution in [1.29, 1.82) is 0 Å². The lowest BCUT2D eigenvalue weighted by molar-refractivity contribution is -0.141. The number of benzene rings is 2. The van der Waals surface area contributed by atoms with Crippen LogP contribution in [0.4, 0.5) is 0 Å². The molecule has 0 atom stereocenters. The first-order valence-electron chi connectivity index (χ1n) is 9.25. The van der Waals surface area contributed by atoms with E-state index in [9.17, 15) is 18.0 Å². The predicted octanol–water partition coefficient (Wildman–Crippen LogP) is 1.51. The van der Waals surface area contributed by atoms with Crippen LogP contribution in [0.15, 0.2) is 46.3 Å². The molecule has 12 heteroatoms. The summed E-state index contributed by atoms with van der Waals surface area (Å²) in [4.78, 5) is 28.6. The summed E-state index contributed by atoms with van der Waals surface area (Å²) in [5.41, 5.74) is 0.578. The second kappa shape index (κ2) is 8.63. The maximum Gasteiger partial charge on any atom is 0.325 e. The number of esters is 1. The molecule has 2 aromatic carbocycles. The van der Waals surface area contributed by atoms with Crippen molar-refractivity contribution in [3.8, 4) is 17.2 Å². The molecule has 1 aliphatic rings. The van der Waals surface area contributed by atoms with Crippen LogP contribution in [0, 0.1) is 0 Å². The Kier molecular flexibility index (Phi) is 5.89. The van der Waals surface area contributed by atoms with Gasteiger partial charge in [0, 0.05) is 12.1 Å². The lowest BCUT2D eigenvalue weighted by Crippen LogP contribution is -2.24. The Morgan fingerprint density at radius 1 is 1.12 bits per heavy atom. The zero-order chi connectivity index (χ0) is 22.9. The lowest BCUT2D eigenvalue weighted by atomic mass is 10.3. The van der Waals surface area contributed by atoms with Crippen molar-refractivity contribution >= 4 is 43.3 Å². The van der Waals surface area contributed by atoms with Gasteiger partial charge in [-0.3, -0.25) is 9.59 Å². The topological polar surface area (TPSA) is 122 Å². The molecule has 10 nitrogen and oxygen atoms in total. The standard InChI is InChI=1S/C20H18N2O8S2/c1-27-12-3-5-13(6-4-12)32(25,26)10-18(23)21-20-22(9-19(24)28-2)14-7-15-16(30-11-29-15)8-17(14)31-20/h3-8H,9-11H2,1-2H3. The first-order chi connectivity index (χ1) is 15.3. The van der Waals surface area contributed by atoms with Crippen LogP contribution in [0.1, 0.15) is 0 Å². The van der Waals surface area contributed by atoms with E-state index in [2.05, 4.69) is 4.99 Å². The lowest BCUT2D eigenvalue weighted by Gasteiger charge is -2.05. The van der Waals surface area contributed by atoms with Crippen molar-refractivity contribution in [2.45, 2.75) is 11.4 Å². The highest BCUT2D eigenvalue weighted by molar-refractivity contribution is 7.92. The molecule has 0 unspecified atom stereocenters. The van der Waals surface area contributed by atoms with Crippen LogP contribution in [0.25, 0.3) is 10.2 Å². The highest BCUT2D eigenvalue weighted by Crippen LogP contribution is 2.37. The number of sulfone groups is 1. The summed E-state index contributed by atoms with van der Waals surface area (Å²) in [7, 11) is -1.21. The van der Waals surface area contributed by atoms with Gasteiger partial charge in [-0.25, -0.2) is 8.42 Å². The summed E-state index contributed by atoms with van der Waals surface area (Å²) in [5, 5.41) is 0. The average molecular weight is 479 g/mol. The third-order valence-corrected chi connectivity index (χ3v) is 7.30. The molecule has 1 aliphatic heterocycles. The molecule has 2 heterocycles.